The number of hydrogen-bond acceptors (Lipinski definition) is 10. The van der Waals surface area contributed by atoms with Gasteiger partial charge in [0, 0.05) is 21.5 Å². The molecule has 0 fully saturated rings. The number of phenolic OH excluding ortho intramolecular Hbond substituents is 1. The fourth-order valence-corrected chi connectivity index (χ4v) is 6.30. The lowest BCUT2D eigenvalue weighted by Crippen LogP contribution is -2.04. The van der Waals surface area contributed by atoms with Crippen LogP contribution in [0.2, 0.25) is 0 Å². The summed E-state index contributed by atoms with van der Waals surface area (Å²) >= 11 is 0. The Labute approximate surface area is 210 Å². The van der Waals surface area contributed by atoms with E-state index in [2.05, 4.69) is 10.2 Å². The first kappa shape index (κ1) is 26.4. The molecule has 0 aromatic heterocycles. The Kier molecular flexibility index (Phi) is 6.22. The number of rotatable bonds is 5. The molecule has 6 N–H and O–H groups in total. The summed E-state index contributed by atoms with van der Waals surface area (Å²) in [5.41, 5.74) is 4.95. The third kappa shape index (κ3) is 4.73. The van der Waals surface area contributed by atoms with Crippen LogP contribution in [0.25, 0.3) is 21.5 Å². The van der Waals surface area contributed by atoms with E-state index in [1.165, 1.54) is 25.1 Å². The summed E-state index contributed by atoms with van der Waals surface area (Å²) in [6, 6.07) is 9.26. The van der Waals surface area contributed by atoms with Crippen LogP contribution in [0.4, 0.5) is 17.1 Å². The van der Waals surface area contributed by atoms with Crippen LogP contribution in [0.15, 0.2) is 73.4 Å². The van der Waals surface area contributed by atoms with Gasteiger partial charge >= 0.3 is 0 Å². The second-order valence-electron chi connectivity index (χ2n) is 7.86. The first-order valence-electron chi connectivity index (χ1n) is 9.96. The average Bonchev–Trinajstić information content (AvgIpc) is 2.75. The van der Waals surface area contributed by atoms with Crippen molar-refractivity contribution in [3.05, 3.63) is 54.1 Å². The minimum atomic E-state index is -5.01. The van der Waals surface area contributed by atoms with Crippen molar-refractivity contribution in [3.8, 4) is 5.75 Å². The topological polar surface area (TPSA) is 234 Å². The minimum absolute atomic E-state index is 0.0623. The molecule has 0 atom stereocenters. The molecule has 0 saturated carbocycles. The van der Waals surface area contributed by atoms with Gasteiger partial charge in [-0.1, -0.05) is 18.2 Å². The number of azo groups is 1. The molecule has 13 nitrogen and oxygen atoms in total. The van der Waals surface area contributed by atoms with Crippen molar-refractivity contribution in [1.29, 1.82) is 0 Å². The molecule has 0 aliphatic heterocycles. The maximum Gasteiger partial charge on any atom is 0.297 e. The van der Waals surface area contributed by atoms with Crippen molar-refractivity contribution < 1.29 is 44.0 Å². The Hall–Kier alpha value is -3.67. The number of anilines is 1. The third-order valence-corrected chi connectivity index (χ3v) is 8.27. The fraction of sp³-hybridized carbons (Fsp3) is 0.0476. The maximum absolute atomic E-state index is 12.2. The van der Waals surface area contributed by atoms with Crippen LogP contribution in [0.1, 0.15) is 5.56 Å². The van der Waals surface area contributed by atoms with E-state index in [4.69, 9.17) is 5.73 Å². The average molecular weight is 568 g/mol. The summed E-state index contributed by atoms with van der Waals surface area (Å²) in [5.74, 6) is -0.563. The monoisotopic (exact) mass is 567 g/mol. The van der Waals surface area contributed by atoms with E-state index in [1.807, 2.05) is 0 Å². The number of hydrogen-bond donors (Lipinski definition) is 5. The fourth-order valence-electron chi connectivity index (χ4n) is 3.95. The highest BCUT2D eigenvalue weighted by atomic mass is 32.2. The van der Waals surface area contributed by atoms with Gasteiger partial charge in [-0.3, -0.25) is 13.7 Å². The first-order valence-corrected chi connectivity index (χ1v) is 14.3. The molecule has 0 saturated heterocycles. The number of phenols is 1. The van der Waals surface area contributed by atoms with Crippen molar-refractivity contribution in [2.24, 2.45) is 10.2 Å². The summed E-state index contributed by atoms with van der Waals surface area (Å²) in [7, 11) is -14.5. The smallest absolute Gasteiger partial charge is 0.297 e. The lowest BCUT2D eigenvalue weighted by atomic mass is 10.0. The molecule has 0 unspecified atom stereocenters. The van der Waals surface area contributed by atoms with Crippen molar-refractivity contribution in [2.75, 3.05) is 5.73 Å². The van der Waals surface area contributed by atoms with E-state index in [1.54, 1.807) is 0 Å². The Bertz CT molecular complexity index is 1990. The summed E-state index contributed by atoms with van der Waals surface area (Å²) in [5, 5.41) is 17.8. The maximum atomic E-state index is 12.2. The van der Waals surface area contributed by atoms with Crippen molar-refractivity contribution in [2.45, 2.75) is 21.6 Å². The third-order valence-electron chi connectivity index (χ3n) is 5.44. The summed E-state index contributed by atoms with van der Waals surface area (Å²) in [6.45, 7) is 1.42. The van der Waals surface area contributed by atoms with Gasteiger partial charge in [-0.15, -0.1) is 10.2 Å². The molecule has 0 radical (unpaired) electrons. The number of benzene rings is 4. The molecule has 16 heteroatoms. The second kappa shape index (κ2) is 8.72. The molecule has 4 rings (SSSR count). The van der Waals surface area contributed by atoms with E-state index in [9.17, 15) is 44.0 Å². The molecule has 0 aliphatic rings. The molecule has 194 valence electrons. The van der Waals surface area contributed by atoms with Gasteiger partial charge in [0.05, 0.1) is 5.69 Å². The van der Waals surface area contributed by atoms with E-state index in [-0.39, 0.29) is 38.5 Å². The highest BCUT2D eigenvalue weighted by Crippen LogP contribution is 2.43. The standard InChI is InChI=1S/C21H17N3O10S3/c1-10-9-14-12(5-7-15(22)20(14)36(29,30)31)19(25)18(10)24-23-16-8-6-11-13(21(16)37(32,33)34)3-2-4-17(11)35(26,27)28/h2-9,25H,22H2,1H3,(H,26,27,28)(H,29,30,31)(H,32,33,34). The molecule has 0 heterocycles. The summed E-state index contributed by atoms with van der Waals surface area (Å²) in [6.07, 6.45) is 0. The number of nitrogens with zero attached hydrogens (tertiary/aromatic N) is 2. The van der Waals surface area contributed by atoms with Crippen LogP contribution >= 0.6 is 0 Å². The summed E-state index contributed by atoms with van der Waals surface area (Å²) < 4.78 is 100. The van der Waals surface area contributed by atoms with Gasteiger partial charge in [0.2, 0.25) is 0 Å². The van der Waals surface area contributed by atoms with Gasteiger partial charge in [0.15, 0.2) is 5.75 Å². The largest absolute Gasteiger partial charge is 0.505 e. The predicted octanol–water partition coefficient (Wildman–Crippen LogP) is 3.74. The van der Waals surface area contributed by atoms with Crippen LogP contribution in [0.3, 0.4) is 0 Å². The van der Waals surface area contributed by atoms with Gasteiger partial charge in [-0.05, 0) is 42.8 Å². The van der Waals surface area contributed by atoms with Crippen LogP contribution in [-0.4, -0.2) is 44.0 Å². The van der Waals surface area contributed by atoms with Gasteiger partial charge in [0.1, 0.15) is 26.1 Å². The van der Waals surface area contributed by atoms with Crippen molar-refractivity contribution in [3.63, 3.8) is 0 Å². The highest BCUT2D eigenvalue weighted by molar-refractivity contribution is 7.86. The van der Waals surface area contributed by atoms with Gasteiger partial charge in [-0.2, -0.15) is 25.3 Å². The molecular weight excluding hydrogens is 550 g/mol. The lowest BCUT2D eigenvalue weighted by Gasteiger charge is -2.12. The zero-order valence-electron chi connectivity index (χ0n) is 18.6. The zero-order chi connectivity index (χ0) is 27.5. The number of aromatic hydroxyl groups is 1. The highest BCUT2D eigenvalue weighted by Gasteiger charge is 2.25. The van der Waals surface area contributed by atoms with E-state index in [0.717, 1.165) is 30.3 Å². The molecule has 37 heavy (non-hydrogen) atoms. The van der Waals surface area contributed by atoms with Crippen LogP contribution in [-0.2, 0) is 30.4 Å². The Morgan fingerprint density at radius 1 is 0.703 bits per heavy atom. The molecule has 4 aromatic rings. The van der Waals surface area contributed by atoms with Crippen LogP contribution < -0.4 is 5.73 Å². The quantitative estimate of drug-likeness (QED) is 0.132. The number of fused-ring (bicyclic) bond motifs is 2. The van der Waals surface area contributed by atoms with Crippen molar-refractivity contribution in [1.82, 2.24) is 0 Å². The molecule has 0 spiro atoms. The van der Waals surface area contributed by atoms with E-state index in [0.29, 0.717) is 0 Å². The van der Waals surface area contributed by atoms with Gasteiger partial charge in [-0.25, -0.2) is 0 Å². The Balaban J connectivity index is 1.98. The Morgan fingerprint density at radius 3 is 1.92 bits per heavy atom. The van der Waals surface area contributed by atoms with Gasteiger partial charge < -0.3 is 10.8 Å². The van der Waals surface area contributed by atoms with Crippen LogP contribution in [0, 0.1) is 6.92 Å². The summed E-state index contributed by atoms with van der Waals surface area (Å²) in [4.78, 5) is -2.03. The number of nitrogens with two attached hydrogens (primary N) is 1. The lowest BCUT2D eigenvalue weighted by molar-refractivity contribution is 0.480. The molecule has 4 aromatic carbocycles. The molecule has 0 aliphatic carbocycles. The normalized spacial score (nSPS) is 13.1. The van der Waals surface area contributed by atoms with Crippen LogP contribution in [0.5, 0.6) is 5.75 Å². The Morgan fingerprint density at radius 2 is 1.32 bits per heavy atom. The van der Waals surface area contributed by atoms with E-state index >= 15 is 0 Å². The van der Waals surface area contributed by atoms with Crippen molar-refractivity contribution >= 4 is 69.0 Å². The SMILES string of the molecule is Cc1cc2c(S(=O)(=O)O)c(N)ccc2c(O)c1N=Nc1ccc2c(S(=O)(=O)O)cccc2c1S(=O)(=O)O. The first-order chi connectivity index (χ1) is 17.0. The second-order valence-corrected chi connectivity index (χ2v) is 12.0. The van der Waals surface area contributed by atoms with E-state index < -0.39 is 56.5 Å². The predicted molar refractivity (Wildman–Crippen MR) is 132 cm³/mol. The zero-order valence-corrected chi connectivity index (χ0v) is 21.0. The molecule has 0 bridgehead atoms. The van der Waals surface area contributed by atoms with Gasteiger partial charge in [0.25, 0.3) is 30.4 Å². The minimum Gasteiger partial charge on any atom is -0.505 e. The molecular formula is C21H17N3O10S3. The molecule has 0 amide bonds. The number of aryl methyl sites for hydroxylation is 1. The number of nitrogen functional groups attached to an aromatic ring is 1.